The molecule has 0 bridgehead atoms. The molecule has 1 aliphatic heterocycles. The predicted octanol–water partition coefficient (Wildman–Crippen LogP) is 4.23. The van der Waals surface area contributed by atoms with Gasteiger partial charge in [-0.3, -0.25) is 0 Å². The van der Waals surface area contributed by atoms with Gasteiger partial charge >= 0.3 is 6.03 Å². The average Bonchev–Trinajstić information content (AvgIpc) is 3.05. The van der Waals surface area contributed by atoms with Gasteiger partial charge in [0.05, 0.1) is 16.7 Å². The van der Waals surface area contributed by atoms with Crippen LogP contribution in [-0.4, -0.2) is 27.5 Å². The van der Waals surface area contributed by atoms with Gasteiger partial charge in [0.15, 0.2) is 9.84 Å². The van der Waals surface area contributed by atoms with Crippen molar-refractivity contribution in [2.24, 2.45) is 0 Å². The number of urea groups is 1. The molecule has 33 heavy (non-hydrogen) atoms. The molecule has 1 aliphatic rings. The Kier molecular flexibility index (Phi) is 7.11. The molecule has 3 aromatic rings. The Labute approximate surface area is 195 Å². The van der Waals surface area contributed by atoms with Crippen molar-refractivity contribution < 1.29 is 13.2 Å². The van der Waals surface area contributed by atoms with Gasteiger partial charge in [0, 0.05) is 5.69 Å². The lowest BCUT2D eigenvalue weighted by atomic mass is 10.0. The van der Waals surface area contributed by atoms with Gasteiger partial charge in [-0.1, -0.05) is 48.5 Å². The van der Waals surface area contributed by atoms with Gasteiger partial charge < -0.3 is 16.0 Å². The minimum Gasteiger partial charge on any atom is -0.331 e. The highest BCUT2D eigenvalue weighted by molar-refractivity contribution is 7.90. The molecule has 0 fully saturated rings. The zero-order valence-electron chi connectivity index (χ0n) is 18.7. The predicted molar refractivity (Wildman–Crippen MR) is 131 cm³/mol. The number of hydrogen-bond donors (Lipinski definition) is 3. The molecule has 1 unspecified atom stereocenters. The van der Waals surface area contributed by atoms with Gasteiger partial charge in [-0.05, 0) is 79.4 Å². The maximum absolute atomic E-state index is 13.0. The monoisotopic (exact) mass is 463 g/mol. The van der Waals surface area contributed by atoms with Crippen molar-refractivity contribution in [2.75, 3.05) is 18.4 Å². The zero-order valence-corrected chi connectivity index (χ0v) is 19.5. The van der Waals surface area contributed by atoms with Crippen molar-refractivity contribution in [3.63, 3.8) is 0 Å². The Morgan fingerprint density at radius 1 is 0.939 bits per heavy atom. The minimum atomic E-state index is -3.49. The molecule has 1 atom stereocenters. The van der Waals surface area contributed by atoms with Gasteiger partial charge in [-0.25, -0.2) is 13.2 Å². The van der Waals surface area contributed by atoms with Gasteiger partial charge in [0.1, 0.15) is 0 Å². The van der Waals surface area contributed by atoms with E-state index in [-0.39, 0.29) is 22.7 Å². The van der Waals surface area contributed by atoms with Gasteiger partial charge in [0.2, 0.25) is 0 Å². The van der Waals surface area contributed by atoms with Crippen LogP contribution in [0.2, 0.25) is 0 Å². The van der Waals surface area contributed by atoms with E-state index in [1.54, 1.807) is 24.3 Å². The summed E-state index contributed by atoms with van der Waals surface area (Å²) in [5.41, 5.74) is 4.85. The van der Waals surface area contributed by atoms with E-state index in [9.17, 15) is 13.2 Å². The third-order valence-electron chi connectivity index (χ3n) is 5.89. The lowest BCUT2D eigenvalue weighted by Crippen LogP contribution is -2.31. The number of nitrogens with one attached hydrogen (secondary N) is 3. The molecule has 3 N–H and O–H groups in total. The fourth-order valence-corrected chi connectivity index (χ4v) is 5.39. The number of benzene rings is 3. The second-order valence-electron chi connectivity index (χ2n) is 8.37. The van der Waals surface area contributed by atoms with Crippen LogP contribution in [-0.2, 0) is 28.4 Å². The zero-order chi connectivity index (χ0) is 23.3. The summed E-state index contributed by atoms with van der Waals surface area (Å²) in [4.78, 5) is 12.6. The summed E-state index contributed by atoms with van der Waals surface area (Å²) < 4.78 is 25.9. The molecule has 4 rings (SSSR count). The molecule has 0 spiro atoms. The molecule has 3 aromatic carbocycles. The molecule has 2 amide bonds. The Morgan fingerprint density at radius 3 is 2.36 bits per heavy atom. The number of hydrogen-bond acceptors (Lipinski definition) is 4. The molecule has 172 valence electrons. The summed E-state index contributed by atoms with van der Waals surface area (Å²) in [6, 6.07) is 21.5. The van der Waals surface area contributed by atoms with Crippen molar-refractivity contribution in [2.45, 2.75) is 36.5 Å². The van der Waals surface area contributed by atoms with Crippen molar-refractivity contribution in [1.82, 2.24) is 10.6 Å². The third kappa shape index (κ3) is 6.00. The van der Waals surface area contributed by atoms with Crippen LogP contribution in [0.5, 0.6) is 0 Å². The number of fused-ring (bicyclic) bond motifs is 1. The van der Waals surface area contributed by atoms with Gasteiger partial charge in [0.25, 0.3) is 0 Å². The Balaban J connectivity index is 1.39. The molecule has 0 aromatic heterocycles. The Hall–Kier alpha value is -3.16. The lowest BCUT2D eigenvalue weighted by Gasteiger charge is -2.15. The third-order valence-corrected chi connectivity index (χ3v) is 7.59. The Bertz CT molecular complexity index is 1210. The number of rotatable bonds is 6. The van der Waals surface area contributed by atoms with Crippen LogP contribution in [0.4, 0.5) is 10.5 Å². The number of anilines is 1. The summed E-state index contributed by atoms with van der Waals surface area (Å²) in [6.07, 6.45) is 1.88. The summed E-state index contributed by atoms with van der Waals surface area (Å²) in [7, 11) is -3.49. The largest absolute Gasteiger partial charge is 0.331 e. The molecule has 1 heterocycles. The summed E-state index contributed by atoms with van der Waals surface area (Å²) >= 11 is 0. The minimum absolute atomic E-state index is 0.0461. The van der Waals surface area contributed by atoms with Crippen molar-refractivity contribution in [3.8, 4) is 0 Å². The maximum Gasteiger partial charge on any atom is 0.319 e. The molecule has 0 aliphatic carbocycles. The number of carbonyl (C=O) groups is 1. The summed E-state index contributed by atoms with van der Waals surface area (Å²) in [5, 5.41) is 9.01. The number of carbonyl (C=O) groups excluding carboxylic acids is 1. The van der Waals surface area contributed by atoms with E-state index < -0.39 is 9.84 Å². The van der Waals surface area contributed by atoms with E-state index in [1.807, 2.05) is 49.4 Å². The molecular formula is C26H29N3O3S. The first-order valence-electron chi connectivity index (χ1n) is 11.2. The second-order valence-corrected chi connectivity index (χ2v) is 10.4. The topological polar surface area (TPSA) is 87.3 Å². The van der Waals surface area contributed by atoms with Crippen molar-refractivity contribution in [3.05, 3.63) is 95.1 Å². The standard InChI is InChI=1S/C26H29N3O3S/c1-19(21-5-3-2-4-6-21)28-26(30)29-24-9-11-25(12-10-24)33(31,32)18-20-7-8-22-13-15-27-16-14-23(22)17-20/h2-12,17,19,27H,13-16,18H2,1H3,(H2,28,29,30). The first-order valence-corrected chi connectivity index (χ1v) is 12.8. The van der Waals surface area contributed by atoms with Crippen LogP contribution in [0.3, 0.4) is 0 Å². The van der Waals surface area contributed by atoms with E-state index >= 15 is 0 Å². The SMILES string of the molecule is CC(NC(=O)Nc1ccc(S(=O)(=O)Cc2ccc3c(c2)CCNCC3)cc1)c1ccccc1. The molecule has 0 radical (unpaired) electrons. The Morgan fingerprint density at radius 2 is 1.64 bits per heavy atom. The normalized spacial score (nSPS) is 14.6. The van der Waals surface area contributed by atoms with Crippen molar-refractivity contribution in [1.29, 1.82) is 0 Å². The highest BCUT2D eigenvalue weighted by atomic mass is 32.2. The fourth-order valence-electron chi connectivity index (χ4n) is 4.05. The number of sulfone groups is 1. The molecule has 7 heteroatoms. The highest BCUT2D eigenvalue weighted by Gasteiger charge is 2.17. The molecular weight excluding hydrogens is 434 g/mol. The second kappa shape index (κ2) is 10.2. The van der Waals surface area contributed by atoms with E-state index in [0.717, 1.165) is 37.1 Å². The quantitative estimate of drug-likeness (QED) is 0.511. The smallest absolute Gasteiger partial charge is 0.319 e. The van der Waals surface area contributed by atoms with Crippen LogP contribution >= 0.6 is 0 Å². The lowest BCUT2D eigenvalue weighted by molar-refractivity contribution is 0.249. The number of amides is 2. The van der Waals surface area contributed by atoms with E-state index in [4.69, 9.17) is 0 Å². The maximum atomic E-state index is 13.0. The van der Waals surface area contributed by atoms with Crippen LogP contribution in [0.15, 0.2) is 77.7 Å². The highest BCUT2D eigenvalue weighted by Crippen LogP contribution is 2.22. The van der Waals surface area contributed by atoms with Crippen LogP contribution in [0.25, 0.3) is 0 Å². The van der Waals surface area contributed by atoms with Crippen LogP contribution < -0.4 is 16.0 Å². The van der Waals surface area contributed by atoms with Crippen LogP contribution in [0, 0.1) is 0 Å². The molecule has 0 saturated heterocycles. The van der Waals surface area contributed by atoms with E-state index in [2.05, 4.69) is 22.0 Å². The first kappa shape index (κ1) is 23.0. The van der Waals surface area contributed by atoms with Crippen molar-refractivity contribution >= 4 is 21.6 Å². The first-order chi connectivity index (χ1) is 15.9. The van der Waals surface area contributed by atoms with Gasteiger partial charge in [-0.2, -0.15) is 0 Å². The summed E-state index contributed by atoms with van der Waals surface area (Å²) in [5.74, 6) is -0.0461. The van der Waals surface area contributed by atoms with E-state index in [1.165, 1.54) is 11.1 Å². The molecule has 6 nitrogen and oxygen atoms in total. The van der Waals surface area contributed by atoms with Gasteiger partial charge in [-0.15, -0.1) is 0 Å². The van der Waals surface area contributed by atoms with E-state index in [0.29, 0.717) is 5.69 Å². The molecule has 0 saturated carbocycles. The summed E-state index contributed by atoms with van der Waals surface area (Å²) in [6.45, 7) is 3.77. The fraction of sp³-hybridized carbons (Fsp3) is 0.269. The van der Waals surface area contributed by atoms with Crippen LogP contribution in [0.1, 0.15) is 35.2 Å². The average molecular weight is 464 g/mol.